The molecule has 50 heavy (non-hydrogen) atoms. The minimum Gasteiger partial charge on any atom is -0.473 e. The maximum absolute atomic E-state index is 12.8. The highest BCUT2D eigenvalue weighted by Gasteiger charge is 2.37. The number of carbonyl (C=O) groups is 2. The van der Waals surface area contributed by atoms with Gasteiger partial charge in [0.1, 0.15) is 10.3 Å². The third kappa shape index (κ3) is 10.3. The van der Waals surface area contributed by atoms with E-state index in [4.69, 9.17) is 42.4 Å². The molecule has 18 heteroatoms. The van der Waals surface area contributed by atoms with Gasteiger partial charge in [0.25, 0.3) is 22.0 Å². The second-order valence-corrected chi connectivity index (χ2v) is 16.3. The predicted molar refractivity (Wildman–Crippen MR) is 187 cm³/mol. The number of hydrogen-bond donors (Lipinski definition) is 2. The Morgan fingerprint density at radius 3 is 1.38 bits per heavy atom. The molecule has 2 saturated heterocycles. The van der Waals surface area contributed by atoms with Crippen molar-refractivity contribution < 1.29 is 39.0 Å². The number of rotatable bonds is 19. The SMILES string of the molecule is COc1nc(Cl)c(CN(CC2CC2)C2CCN(OC(O)C(=O)C(=O)C(O)ON3CCC(N(Cc4sc(OC)nc4Cl)CC4CC4)CC3)CC2)s1. The summed E-state index contributed by atoms with van der Waals surface area (Å²) in [6.07, 6.45) is 3.73. The van der Waals surface area contributed by atoms with Gasteiger partial charge in [-0.1, -0.05) is 45.9 Å². The summed E-state index contributed by atoms with van der Waals surface area (Å²) in [4.78, 5) is 51.8. The second-order valence-electron chi connectivity index (χ2n) is 13.5. The van der Waals surface area contributed by atoms with E-state index in [0.29, 0.717) is 71.8 Å². The molecule has 278 valence electrons. The summed E-state index contributed by atoms with van der Waals surface area (Å²) >= 11 is 15.6. The van der Waals surface area contributed by atoms with Gasteiger partial charge in [-0.05, 0) is 63.2 Å². The Bertz CT molecular complexity index is 1340. The zero-order valence-electron chi connectivity index (χ0n) is 28.4. The lowest BCUT2D eigenvalue weighted by atomic mass is 10.0. The maximum atomic E-state index is 12.8. The number of piperidine rings is 2. The Morgan fingerprint density at radius 2 is 1.08 bits per heavy atom. The van der Waals surface area contributed by atoms with Gasteiger partial charge in [-0.3, -0.25) is 29.1 Å². The molecule has 6 rings (SSSR count). The van der Waals surface area contributed by atoms with E-state index in [1.807, 2.05) is 0 Å². The average Bonchev–Trinajstić information content (AvgIpc) is 4.05. The van der Waals surface area contributed by atoms with Gasteiger partial charge >= 0.3 is 0 Å². The lowest BCUT2D eigenvalue weighted by Gasteiger charge is -2.38. The Balaban J connectivity index is 0.932. The van der Waals surface area contributed by atoms with Crippen molar-refractivity contribution >= 4 is 57.4 Å². The van der Waals surface area contributed by atoms with E-state index in [1.165, 1.54) is 58.5 Å². The van der Waals surface area contributed by atoms with Crippen LogP contribution in [0.3, 0.4) is 0 Å². The van der Waals surface area contributed by atoms with E-state index in [2.05, 4.69) is 19.8 Å². The summed E-state index contributed by atoms with van der Waals surface area (Å²) in [5.74, 6) is -1.18. The van der Waals surface area contributed by atoms with Crippen LogP contribution in [-0.4, -0.2) is 130 Å². The quantitative estimate of drug-likeness (QED) is 0.158. The third-order valence-corrected chi connectivity index (χ3v) is 12.6. The normalized spacial score (nSPS) is 21.2. The van der Waals surface area contributed by atoms with Crippen LogP contribution in [0.15, 0.2) is 0 Å². The summed E-state index contributed by atoms with van der Waals surface area (Å²) in [6.45, 7) is 5.09. The smallest absolute Gasteiger partial charge is 0.274 e. The van der Waals surface area contributed by atoms with Crippen LogP contribution >= 0.6 is 45.9 Å². The van der Waals surface area contributed by atoms with E-state index in [1.54, 1.807) is 14.2 Å². The average molecular weight is 778 g/mol. The van der Waals surface area contributed by atoms with Crippen molar-refractivity contribution in [3.05, 3.63) is 20.1 Å². The highest BCUT2D eigenvalue weighted by atomic mass is 35.5. The molecule has 2 saturated carbocycles. The number of hydrogen-bond acceptors (Lipinski definition) is 16. The molecule has 4 heterocycles. The molecule has 0 aromatic carbocycles. The fourth-order valence-electron chi connectivity index (χ4n) is 6.56. The van der Waals surface area contributed by atoms with Crippen molar-refractivity contribution in [2.45, 2.75) is 89.1 Å². The highest BCUT2D eigenvalue weighted by Crippen LogP contribution is 2.37. The topological polar surface area (TPSA) is 150 Å². The molecule has 0 bridgehead atoms. The number of Topliss-reactive ketones (excluding diaryl/α,β-unsaturated/α-hetero) is 2. The predicted octanol–water partition coefficient (Wildman–Crippen LogP) is 3.61. The molecule has 2 aromatic heterocycles. The van der Waals surface area contributed by atoms with Gasteiger partial charge in [-0.2, -0.15) is 20.1 Å². The first kappa shape index (κ1) is 38.2. The van der Waals surface area contributed by atoms with Crippen LogP contribution in [0.2, 0.25) is 10.3 Å². The monoisotopic (exact) mass is 776 g/mol. The van der Waals surface area contributed by atoms with Crippen LogP contribution < -0.4 is 9.47 Å². The number of aromatic nitrogens is 2. The molecular weight excluding hydrogens is 731 g/mol. The van der Waals surface area contributed by atoms with Crippen molar-refractivity contribution in [3.8, 4) is 10.4 Å². The Kier molecular flexibility index (Phi) is 13.4. The molecule has 0 radical (unpaired) electrons. The van der Waals surface area contributed by atoms with Gasteiger partial charge in [-0.15, -0.1) is 0 Å². The number of aliphatic hydroxyl groups excluding tert-OH is 2. The number of carbonyl (C=O) groups excluding carboxylic acids is 2. The second kappa shape index (κ2) is 17.5. The van der Waals surface area contributed by atoms with Crippen molar-refractivity contribution in [1.29, 1.82) is 0 Å². The fraction of sp³-hybridized carbons (Fsp3) is 0.750. The van der Waals surface area contributed by atoms with E-state index < -0.39 is 24.1 Å². The molecule has 2 N–H and O–H groups in total. The first-order valence-corrected chi connectivity index (χ1v) is 19.6. The molecule has 14 nitrogen and oxygen atoms in total. The van der Waals surface area contributed by atoms with Gasteiger partial charge in [0.15, 0.2) is 0 Å². The van der Waals surface area contributed by atoms with Crippen LogP contribution in [0.1, 0.15) is 61.1 Å². The number of thiazole rings is 2. The first-order chi connectivity index (χ1) is 24.1. The van der Waals surface area contributed by atoms with Crippen molar-refractivity contribution in [1.82, 2.24) is 29.9 Å². The number of ether oxygens (including phenoxy) is 2. The van der Waals surface area contributed by atoms with Crippen LogP contribution in [0.25, 0.3) is 0 Å². The zero-order chi connectivity index (χ0) is 35.4. The summed E-state index contributed by atoms with van der Waals surface area (Å²) in [7, 11) is 3.15. The van der Waals surface area contributed by atoms with Gasteiger partial charge < -0.3 is 19.7 Å². The van der Waals surface area contributed by atoms with Crippen LogP contribution in [-0.2, 0) is 32.4 Å². The number of halogens is 2. The first-order valence-electron chi connectivity index (χ1n) is 17.2. The standard InChI is InChI=1S/C32H46Cl2N6O8S2/c1-45-31-35-27(33)23(49-31)17-37(15-19-3-4-19)21-7-11-39(12-8-21)47-29(43)25(41)26(42)30(44)48-40-13-9-22(10-14-40)38(16-20-5-6-20)18-24-28(34)36-32(46-2)50-24/h19-22,29-30,43-44H,3-18H2,1-2H3. The van der Waals surface area contributed by atoms with Crippen LogP contribution in [0, 0.1) is 11.8 Å². The van der Waals surface area contributed by atoms with Crippen molar-refractivity contribution in [3.63, 3.8) is 0 Å². The minimum absolute atomic E-state index is 0.253. The summed E-state index contributed by atoms with van der Waals surface area (Å²) in [5, 5.41) is 26.0. The van der Waals surface area contributed by atoms with Gasteiger partial charge in [0.2, 0.25) is 12.6 Å². The third-order valence-electron chi connectivity index (χ3n) is 9.75. The van der Waals surface area contributed by atoms with Crippen molar-refractivity contribution in [2.75, 3.05) is 53.5 Å². The van der Waals surface area contributed by atoms with E-state index in [-0.39, 0.29) is 12.1 Å². The Morgan fingerprint density at radius 1 is 0.720 bits per heavy atom. The number of hydroxylamine groups is 4. The zero-order valence-corrected chi connectivity index (χ0v) is 31.5. The molecule has 2 aliphatic heterocycles. The molecule has 0 spiro atoms. The summed E-state index contributed by atoms with van der Waals surface area (Å²) in [6, 6.07) is 0.506. The van der Waals surface area contributed by atoms with Crippen LogP contribution in [0.5, 0.6) is 10.4 Å². The molecular formula is C32H46Cl2N6O8S2. The molecule has 2 atom stereocenters. The summed E-state index contributed by atoms with van der Waals surface area (Å²) < 4.78 is 10.5. The van der Waals surface area contributed by atoms with E-state index in [0.717, 1.165) is 48.5 Å². The molecule has 4 aliphatic rings. The summed E-state index contributed by atoms with van der Waals surface area (Å²) in [5.41, 5.74) is 0. The fourth-order valence-corrected chi connectivity index (χ4v) is 8.75. The number of ketones is 2. The molecule has 2 aromatic rings. The number of methoxy groups -OCH3 is 2. The van der Waals surface area contributed by atoms with E-state index >= 15 is 0 Å². The largest absolute Gasteiger partial charge is 0.473 e. The van der Waals surface area contributed by atoms with Gasteiger partial charge in [0.05, 0.1) is 24.0 Å². The molecule has 2 aliphatic carbocycles. The van der Waals surface area contributed by atoms with Crippen molar-refractivity contribution in [2.24, 2.45) is 11.8 Å². The number of nitrogens with zero attached hydrogens (tertiary/aromatic N) is 6. The highest BCUT2D eigenvalue weighted by molar-refractivity contribution is 7.14. The lowest BCUT2D eigenvalue weighted by Crippen LogP contribution is -2.49. The molecule has 0 amide bonds. The minimum atomic E-state index is -2.04. The lowest BCUT2D eigenvalue weighted by molar-refractivity contribution is -0.272. The van der Waals surface area contributed by atoms with E-state index in [9.17, 15) is 19.8 Å². The molecule has 4 fully saturated rings. The maximum Gasteiger partial charge on any atom is 0.274 e. The Hall–Kier alpha value is -1.54. The number of aliphatic hydroxyl groups is 2. The van der Waals surface area contributed by atoms with Crippen LogP contribution in [0.4, 0.5) is 0 Å². The van der Waals surface area contributed by atoms with Gasteiger partial charge in [-0.25, -0.2) is 0 Å². The molecule has 2 unspecified atom stereocenters. The van der Waals surface area contributed by atoms with Gasteiger partial charge in [0, 0.05) is 64.4 Å². The Labute approximate surface area is 310 Å².